The van der Waals surface area contributed by atoms with E-state index < -0.39 is 0 Å². The van der Waals surface area contributed by atoms with Crippen molar-refractivity contribution >= 4 is 23.2 Å². The predicted molar refractivity (Wildman–Crippen MR) is 115 cm³/mol. The van der Waals surface area contributed by atoms with Gasteiger partial charge in [0, 0.05) is 25.8 Å². The van der Waals surface area contributed by atoms with Crippen LogP contribution in [0.5, 0.6) is 0 Å². The Kier molecular flexibility index (Phi) is 5.88. The fraction of sp³-hybridized carbons (Fsp3) is 0.435. The van der Waals surface area contributed by atoms with Gasteiger partial charge in [0.2, 0.25) is 0 Å². The standard InChI is InChI=1S/C23H28ClN3O/c1-26-14-11-18-15-17(9-10-21(18)26)22(27-12-5-2-6-13-27)16-25-23(28)19-7-3-4-8-20(19)24/h3-4,7-10,15,22H,2,5-6,11-14,16H2,1H3,(H,25,28). The number of benzene rings is 2. The number of halogens is 1. The van der Waals surface area contributed by atoms with E-state index in [0.717, 1.165) is 26.1 Å². The molecule has 0 aromatic heterocycles. The zero-order valence-electron chi connectivity index (χ0n) is 16.5. The first-order valence-corrected chi connectivity index (χ1v) is 10.6. The smallest absolute Gasteiger partial charge is 0.252 e. The number of hydrogen-bond donors (Lipinski definition) is 1. The molecule has 0 saturated carbocycles. The van der Waals surface area contributed by atoms with Gasteiger partial charge in [0.1, 0.15) is 0 Å². The topological polar surface area (TPSA) is 35.6 Å². The van der Waals surface area contributed by atoms with Gasteiger partial charge in [-0.1, -0.05) is 42.3 Å². The molecule has 2 aromatic rings. The van der Waals surface area contributed by atoms with Crippen molar-refractivity contribution in [3.05, 3.63) is 64.2 Å². The van der Waals surface area contributed by atoms with Crippen LogP contribution in [0.1, 0.15) is 46.8 Å². The Bertz CT molecular complexity index is 847. The Labute approximate surface area is 172 Å². The lowest BCUT2D eigenvalue weighted by molar-refractivity contribution is 0.0924. The van der Waals surface area contributed by atoms with Crippen LogP contribution in [0.4, 0.5) is 5.69 Å². The van der Waals surface area contributed by atoms with E-state index in [2.05, 4.69) is 40.4 Å². The van der Waals surface area contributed by atoms with Crippen molar-refractivity contribution in [2.75, 3.05) is 38.1 Å². The third-order valence-electron chi connectivity index (χ3n) is 6.02. The zero-order valence-corrected chi connectivity index (χ0v) is 17.2. The van der Waals surface area contributed by atoms with Gasteiger partial charge in [0.05, 0.1) is 16.6 Å². The van der Waals surface area contributed by atoms with Crippen LogP contribution >= 0.6 is 11.6 Å². The summed E-state index contributed by atoms with van der Waals surface area (Å²) in [6, 6.07) is 14.3. The SMILES string of the molecule is CN1CCc2cc(C(CNC(=O)c3ccccc3Cl)N3CCCCC3)ccc21. The molecule has 0 aliphatic carbocycles. The number of likely N-dealkylation sites (tertiary alicyclic amines) is 1. The Morgan fingerprint density at radius 1 is 1.11 bits per heavy atom. The summed E-state index contributed by atoms with van der Waals surface area (Å²) >= 11 is 6.20. The predicted octanol–water partition coefficient (Wildman–Crippen LogP) is 4.29. The van der Waals surface area contributed by atoms with Gasteiger partial charge in [0.15, 0.2) is 0 Å². The lowest BCUT2D eigenvalue weighted by Gasteiger charge is -2.35. The molecule has 2 aromatic carbocycles. The molecule has 2 heterocycles. The van der Waals surface area contributed by atoms with Gasteiger partial charge in [-0.05, 0) is 61.7 Å². The number of anilines is 1. The number of piperidine rings is 1. The van der Waals surface area contributed by atoms with E-state index >= 15 is 0 Å². The quantitative estimate of drug-likeness (QED) is 0.817. The highest BCUT2D eigenvalue weighted by atomic mass is 35.5. The molecule has 2 aliphatic rings. The molecular weight excluding hydrogens is 370 g/mol. The average molecular weight is 398 g/mol. The van der Waals surface area contributed by atoms with Gasteiger partial charge in [-0.2, -0.15) is 0 Å². The molecular formula is C23H28ClN3O. The zero-order chi connectivity index (χ0) is 19.5. The maximum Gasteiger partial charge on any atom is 0.252 e. The Hall–Kier alpha value is -2.04. The number of nitrogens with one attached hydrogen (secondary N) is 1. The minimum absolute atomic E-state index is 0.103. The molecule has 1 unspecified atom stereocenters. The maximum absolute atomic E-state index is 12.7. The van der Waals surface area contributed by atoms with Crippen LogP contribution in [0, 0.1) is 0 Å². The van der Waals surface area contributed by atoms with Gasteiger partial charge in [-0.25, -0.2) is 0 Å². The van der Waals surface area contributed by atoms with Crippen LogP contribution in [0.15, 0.2) is 42.5 Å². The van der Waals surface area contributed by atoms with Gasteiger partial charge < -0.3 is 10.2 Å². The third kappa shape index (κ3) is 4.03. The van der Waals surface area contributed by atoms with Gasteiger partial charge in [-0.3, -0.25) is 9.69 Å². The minimum Gasteiger partial charge on any atom is -0.374 e. The summed E-state index contributed by atoms with van der Waals surface area (Å²) in [6.45, 7) is 3.85. The summed E-state index contributed by atoms with van der Waals surface area (Å²) in [6.07, 6.45) is 4.84. The second-order valence-electron chi connectivity index (χ2n) is 7.86. The van der Waals surface area contributed by atoms with Crippen molar-refractivity contribution in [3.63, 3.8) is 0 Å². The lowest BCUT2D eigenvalue weighted by Crippen LogP contribution is -2.40. The second kappa shape index (κ2) is 8.54. The molecule has 0 bridgehead atoms. The minimum atomic E-state index is -0.103. The molecule has 1 atom stereocenters. The maximum atomic E-state index is 12.7. The molecule has 0 spiro atoms. The Morgan fingerprint density at radius 3 is 2.68 bits per heavy atom. The first-order valence-electron chi connectivity index (χ1n) is 10.2. The first kappa shape index (κ1) is 19.3. The van der Waals surface area contributed by atoms with Crippen molar-refractivity contribution in [3.8, 4) is 0 Å². The van der Waals surface area contributed by atoms with Crippen molar-refractivity contribution in [1.82, 2.24) is 10.2 Å². The van der Waals surface area contributed by atoms with Crippen LogP contribution in [-0.2, 0) is 6.42 Å². The van der Waals surface area contributed by atoms with E-state index in [0.29, 0.717) is 17.1 Å². The fourth-order valence-corrected chi connectivity index (χ4v) is 4.63. The summed E-state index contributed by atoms with van der Waals surface area (Å²) in [7, 11) is 2.15. The number of amides is 1. The highest BCUT2D eigenvalue weighted by Gasteiger charge is 2.25. The molecule has 4 nitrogen and oxygen atoms in total. The van der Waals surface area contributed by atoms with E-state index in [1.165, 1.54) is 36.1 Å². The van der Waals surface area contributed by atoms with Crippen LogP contribution in [0.3, 0.4) is 0 Å². The number of carbonyl (C=O) groups excluding carboxylic acids is 1. The molecule has 1 fully saturated rings. The number of hydrogen-bond acceptors (Lipinski definition) is 3. The van der Waals surface area contributed by atoms with Crippen LogP contribution < -0.4 is 10.2 Å². The molecule has 28 heavy (non-hydrogen) atoms. The van der Waals surface area contributed by atoms with E-state index in [1.54, 1.807) is 12.1 Å². The Morgan fingerprint density at radius 2 is 1.89 bits per heavy atom. The normalized spacial score (nSPS) is 18.0. The summed E-state index contributed by atoms with van der Waals surface area (Å²) in [5.41, 5.74) is 4.59. The van der Waals surface area contributed by atoms with Crippen molar-refractivity contribution in [2.24, 2.45) is 0 Å². The van der Waals surface area contributed by atoms with Crippen molar-refractivity contribution in [2.45, 2.75) is 31.7 Å². The molecule has 4 rings (SSSR count). The van der Waals surface area contributed by atoms with Crippen LogP contribution in [-0.4, -0.2) is 44.0 Å². The molecule has 148 valence electrons. The lowest BCUT2D eigenvalue weighted by atomic mass is 9.98. The average Bonchev–Trinajstić information content (AvgIpc) is 3.09. The van der Waals surface area contributed by atoms with Crippen LogP contribution in [0.25, 0.3) is 0 Å². The largest absolute Gasteiger partial charge is 0.374 e. The summed E-state index contributed by atoms with van der Waals surface area (Å²) < 4.78 is 0. The van der Waals surface area contributed by atoms with Gasteiger partial charge in [0.25, 0.3) is 5.91 Å². The monoisotopic (exact) mass is 397 g/mol. The second-order valence-corrected chi connectivity index (χ2v) is 8.27. The molecule has 2 aliphatic heterocycles. The highest BCUT2D eigenvalue weighted by molar-refractivity contribution is 6.33. The summed E-state index contributed by atoms with van der Waals surface area (Å²) in [5, 5.41) is 3.63. The number of carbonyl (C=O) groups is 1. The Balaban J connectivity index is 1.54. The van der Waals surface area contributed by atoms with E-state index in [1.807, 2.05) is 12.1 Å². The van der Waals surface area contributed by atoms with E-state index in [4.69, 9.17) is 11.6 Å². The van der Waals surface area contributed by atoms with Crippen molar-refractivity contribution < 1.29 is 4.79 Å². The molecule has 1 amide bonds. The fourth-order valence-electron chi connectivity index (χ4n) is 4.41. The summed E-state index contributed by atoms with van der Waals surface area (Å²) in [5.74, 6) is -0.103. The molecule has 1 saturated heterocycles. The third-order valence-corrected chi connectivity index (χ3v) is 6.35. The van der Waals surface area contributed by atoms with Gasteiger partial charge >= 0.3 is 0 Å². The highest BCUT2D eigenvalue weighted by Crippen LogP contribution is 2.32. The first-order chi connectivity index (χ1) is 13.6. The van der Waals surface area contributed by atoms with E-state index in [9.17, 15) is 4.79 Å². The molecule has 1 N–H and O–H groups in total. The van der Waals surface area contributed by atoms with Crippen molar-refractivity contribution in [1.29, 1.82) is 0 Å². The number of nitrogens with zero attached hydrogens (tertiary/aromatic N) is 2. The molecule has 0 radical (unpaired) electrons. The summed E-state index contributed by atoms with van der Waals surface area (Å²) in [4.78, 5) is 17.5. The number of likely N-dealkylation sites (N-methyl/N-ethyl adjacent to an activating group) is 1. The van der Waals surface area contributed by atoms with Crippen LogP contribution in [0.2, 0.25) is 5.02 Å². The van der Waals surface area contributed by atoms with E-state index in [-0.39, 0.29) is 11.9 Å². The van der Waals surface area contributed by atoms with Gasteiger partial charge in [-0.15, -0.1) is 0 Å². The molecule has 5 heteroatoms. The number of fused-ring (bicyclic) bond motifs is 1. The number of rotatable bonds is 5.